The maximum absolute atomic E-state index is 12.1. The Bertz CT molecular complexity index is 420. The van der Waals surface area contributed by atoms with Gasteiger partial charge in [-0.2, -0.15) is 0 Å². The lowest BCUT2D eigenvalue weighted by Gasteiger charge is -2.25. The summed E-state index contributed by atoms with van der Waals surface area (Å²) in [7, 11) is 1.97. The van der Waals surface area contributed by atoms with Crippen molar-refractivity contribution in [2.45, 2.75) is 33.4 Å². The topological polar surface area (TPSA) is 32.3 Å². The highest BCUT2D eigenvalue weighted by atomic mass is 35.5. The van der Waals surface area contributed by atoms with Crippen LogP contribution in [-0.2, 0) is 11.3 Å². The molecular weight excluding hydrogens is 260 g/mol. The molecule has 3 nitrogen and oxygen atoms in total. The van der Waals surface area contributed by atoms with E-state index in [-0.39, 0.29) is 11.9 Å². The molecule has 0 fully saturated rings. The summed E-state index contributed by atoms with van der Waals surface area (Å²) in [6.45, 7) is 7.58. The molecular formula is C15H23ClN2O. The molecule has 1 aromatic rings. The molecule has 1 atom stereocenters. The van der Waals surface area contributed by atoms with Gasteiger partial charge in [-0.25, -0.2) is 0 Å². The first kappa shape index (κ1) is 16.0. The predicted octanol–water partition coefficient (Wildman–Crippen LogP) is 2.93. The van der Waals surface area contributed by atoms with E-state index < -0.39 is 0 Å². The van der Waals surface area contributed by atoms with Crippen LogP contribution in [0, 0.1) is 5.92 Å². The summed E-state index contributed by atoms with van der Waals surface area (Å²) in [5.74, 6) is 0.576. The van der Waals surface area contributed by atoms with Gasteiger partial charge in [-0.3, -0.25) is 9.69 Å². The zero-order chi connectivity index (χ0) is 14.4. The maximum Gasteiger partial charge on any atom is 0.237 e. The lowest BCUT2D eigenvalue weighted by atomic mass is 10.1. The third kappa shape index (κ3) is 5.21. The summed E-state index contributed by atoms with van der Waals surface area (Å²) >= 11 is 6.06. The average Bonchev–Trinajstić information content (AvgIpc) is 2.35. The molecule has 4 heteroatoms. The Morgan fingerprint density at radius 2 is 1.95 bits per heavy atom. The van der Waals surface area contributed by atoms with Crippen LogP contribution in [0.2, 0.25) is 5.02 Å². The highest BCUT2D eigenvalue weighted by Gasteiger charge is 2.18. The fourth-order valence-corrected chi connectivity index (χ4v) is 2.11. The molecule has 1 unspecified atom stereocenters. The highest BCUT2D eigenvalue weighted by molar-refractivity contribution is 6.31. The van der Waals surface area contributed by atoms with Gasteiger partial charge in [-0.1, -0.05) is 43.6 Å². The molecule has 0 bridgehead atoms. The van der Waals surface area contributed by atoms with Crippen molar-refractivity contribution in [1.29, 1.82) is 0 Å². The van der Waals surface area contributed by atoms with Crippen LogP contribution in [0.15, 0.2) is 24.3 Å². The maximum atomic E-state index is 12.1. The molecule has 0 radical (unpaired) electrons. The molecule has 0 spiro atoms. The zero-order valence-electron chi connectivity index (χ0n) is 12.1. The van der Waals surface area contributed by atoms with Crippen LogP contribution < -0.4 is 5.32 Å². The minimum atomic E-state index is -0.134. The van der Waals surface area contributed by atoms with Crippen molar-refractivity contribution in [2.75, 3.05) is 13.6 Å². The molecule has 1 N–H and O–H groups in total. The van der Waals surface area contributed by atoms with E-state index in [0.29, 0.717) is 17.5 Å². The van der Waals surface area contributed by atoms with Gasteiger partial charge < -0.3 is 5.32 Å². The Kier molecular flexibility index (Phi) is 6.32. The van der Waals surface area contributed by atoms with Crippen LogP contribution in [0.3, 0.4) is 0 Å². The fourth-order valence-electron chi connectivity index (χ4n) is 1.91. The van der Waals surface area contributed by atoms with Gasteiger partial charge in [0.2, 0.25) is 5.91 Å². The summed E-state index contributed by atoms with van der Waals surface area (Å²) < 4.78 is 0. The molecule has 0 saturated heterocycles. The number of nitrogens with zero attached hydrogens (tertiary/aromatic N) is 1. The number of benzene rings is 1. The Morgan fingerprint density at radius 1 is 1.32 bits per heavy atom. The number of likely N-dealkylation sites (N-methyl/N-ethyl adjacent to an activating group) is 1. The van der Waals surface area contributed by atoms with E-state index >= 15 is 0 Å². The smallest absolute Gasteiger partial charge is 0.237 e. The Hall–Kier alpha value is -1.06. The first-order valence-electron chi connectivity index (χ1n) is 6.63. The van der Waals surface area contributed by atoms with E-state index in [1.54, 1.807) is 0 Å². The van der Waals surface area contributed by atoms with Gasteiger partial charge in [-0.15, -0.1) is 0 Å². The van der Waals surface area contributed by atoms with Crippen LogP contribution in [0.4, 0.5) is 0 Å². The van der Waals surface area contributed by atoms with Crippen LogP contribution in [0.1, 0.15) is 26.3 Å². The molecule has 0 aliphatic rings. The standard InChI is InChI=1S/C15H23ClN2O/c1-11(2)10-18(4)12(3)15(19)17-9-13-7-5-6-8-14(13)16/h5-8,11-12H,9-10H2,1-4H3,(H,17,19). The average molecular weight is 283 g/mol. The number of carbonyl (C=O) groups is 1. The highest BCUT2D eigenvalue weighted by Crippen LogP contribution is 2.14. The van der Waals surface area contributed by atoms with E-state index in [1.807, 2.05) is 38.2 Å². The van der Waals surface area contributed by atoms with E-state index in [0.717, 1.165) is 12.1 Å². The normalized spacial score (nSPS) is 12.8. The number of halogens is 1. The third-order valence-corrected chi connectivity index (χ3v) is 3.47. The molecule has 0 aliphatic heterocycles. The largest absolute Gasteiger partial charge is 0.351 e. The van der Waals surface area contributed by atoms with Crippen molar-refractivity contribution in [2.24, 2.45) is 5.92 Å². The lowest BCUT2D eigenvalue weighted by molar-refractivity contribution is -0.125. The Morgan fingerprint density at radius 3 is 2.53 bits per heavy atom. The molecule has 106 valence electrons. The minimum absolute atomic E-state index is 0.0306. The van der Waals surface area contributed by atoms with Gasteiger partial charge in [0.25, 0.3) is 0 Å². The summed E-state index contributed by atoms with van der Waals surface area (Å²) in [5.41, 5.74) is 0.941. The van der Waals surface area contributed by atoms with E-state index in [9.17, 15) is 4.79 Å². The van der Waals surface area contributed by atoms with E-state index in [1.165, 1.54) is 0 Å². The van der Waals surface area contributed by atoms with Crippen LogP contribution in [0.25, 0.3) is 0 Å². The van der Waals surface area contributed by atoms with Crippen molar-refractivity contribution < 1.29 is 4.79 Å². The monoisotopic (exact) mass is 282 g/mol. The second kappa shape index (κ2) is 7.51. The number of amides is 1. The van der Waals surface area contributed by atoms with Crippen LogP contribution >= 0.6 is 11.6 Å². The Labute approximate surface area is 120 Å². The van der Waals surface area contributed by atoms with Gasteiger partial charge in [0.15, 0.2) is 0 Å². The number of hydrogen-bond donors (Lipinski definition) is 1. The second-order valence-corrected chi connectivity index (χ2v) is 5.73. The predicted molar refractivity (Wildman–Crippen MR) is 80.2 cm³/mol. The van der Waals surface area contributed by atoms with Crippen molar-refractivity contribution >= 4 is 17.5 Å². The fraction of sp³-hybridized carbons (Fsp3) is 0.533. The zero-order valence-corrected chi connectivity index (χ0v) is 12.9. The molecule has 0 aliphatic carbocycles. The van der Waals surface area contributed by atoms with E-state index in [4.69, 9.17) is 11.6 Å². The number of carbonyl (C=O) groups excluding carboxylic acids is 1. The summed E-state index contributed by atoms with van der Waals surface area (Å²) in [4.78, 5) is 14.1. The van der Waals surface area contributed by atoms with Gasteiger partial charge >= 0.3 is 0 Å². The summed E-state index contributed by atoms with van der Waals surface area (Å²) in [6, 6.07) is 7.42. The van der Waals surface area contributed by atoms with Crippen molar-refractivity contribution in [3.8, 4) is 0 Å². The number of rotatable bonds is 6. The molecule has 19 heavy (non-hydrogen) atoms. The first-order chi connectivity index (χ1) is 8.91. The molecule has 0 aromatic heterocycles. The molecule has 0 heterocycles. The van der Waals surface area contributed by atoms with E-state index in [2.05, 4.69) is 24.1 Å². The molecule has 1 aromatic carbocycles. The first-order valence-corrected chi connectivity index (χ1v) is 7.01. The van der Waals surface area contributed by atoms with Gasteiger partial charge in [0.1, 0.15) is 0 Å². The SMILES string of the molecule is CC(C)CN(C)C(C)C(=O)NCc1ccccc1Cl. The molecule has 1 amide bonds. The third-order valence-electron chi connectivity index (χ3n) is 3.10. The molecule has 1 rings (SSSR count). The lowest BCUT2D eigenvalue weighted by Crippen LogP contribution is -2.44. The quantitative estimate of drug-likeness (QED) is 0.870. The summed E-state index contributed by atoms with van der Waals surface area (Å²) in [5, 5.41) is 3.61. The van der Waals surface area contributed by atoms with Crippen LogP contribution in [-0.4, -0.2) is 30.4 Å². The molecule has 0 saturated carbocycles. The summed E-state index contributed by atoms with van der Waals surface area (Å²) in [6.07, 6.45) is 0. The number of hydrogen-bond acceptors (Lipinski definition) is 2. The van der Waals surface area contributed by atoms with Gasteiger partial charge in [-0.05, 0) is 31.5 Å². The Balaban J connectivity index is 2.49. The van der Waals surface area contributed by atoms with Crippen molar-refractivity contribution in [3.05, 3.63) is 34.9 Å². The van der Waals surface area contributed by atoms with Gasteiger partial charge in [0, 0.05) is 18.1 Å². The van der Waals surface area contributed by atoms with Gasteiger partial charge in [0.05, 0.1) is 6.04 Å². The van der Waals surface area contributed by atoms with Crippen molar-refractivity contribution in [3.63, 3.8) is 0 Å². The number of nitrogens with one attached hydrogen (secondary N) is 1. The second-order valence-electron chi connectivity index (χ2n) is 5.32. The van der Waals surface area contributed by atoms with Crippen LogP contribution in [0.5, 0.6) is 0 Å². The van der Waals surface area contributed by atoms with Crippen molar-refractivity contribution in [1.82, 2.24) is 10.2 Å². The minimum Gasteiger partial charge on any atom is -0.351 e.